The number of amides is 1. The predicted molar refractivity (Wildman–Crippen MR) is 97.3 cm³/mol. The van der Waals surface area contributed by atoms with Crippen LogP contribution in [-0.4, -0.2) is 42.5 Å². The number of likely N-dealkylation sites (tertiary alicyclic amines) is 1. The highest BCUT2D eigenvalue weighted by molar-refractivity contribution is 5.86. The van der Waals surface area contributed by atoms with Gasteiger partial charge in [-0.2, -0.15) is 0 Å². The Balaban J connectivity index is 1.63. The fourth-order valence-electron chi connectivity index (χ4n) is 4.37. The van der Waals surface area contributed by atoms with Crippen LogP contribution in [0.4, 0.5) is 5.69 Å². The Morgan fingerprint density at radius 1 is 1.24 bits per heavy atom. The molecule has 1 aliphatic carbocycles. The Labute approximate surface area is 149 Å². The molecule has 136 valence electrons. The van der Waals surface area contributed by atoms with Gasteiger partial charge < -0.3 is 15.0 Å². The standard InChI is InChI=1S/C20H28N2O3/c1-14-7-3-5-9-16(14)21-12-11-19(23)22-17-10-6-4-8-15(17)13-18(22)20(24)25-2/h3,5,7,9,15,17-18,21H,4,6,8,10-13H2,1-2H3/t15-,17-,18-/m0/s1. The first-order valence-corrected chi connectivity index (χ1v) is 9.30. The lowest BCUT2D eigenvalue weighted by atomic mass is 9.84. The summed E-state index contributed by atoms with van der Waals surface area (Å²) in [6.45, 7) is 2.62. The lowest BCUT2D eigenvalue weighted by Crippen LogP contribution is -2.47. The molecule has 1 aliphatic heterocycles. The molecule has 1 saturated carbocycles. The Bertz CT molecular complexity index is 631. The Morgan fingerprint density at radius 2 is 2.00 bits per heavy atom. The monoisotopic (exact) mass is 344 g/mol. The normalized spacial score (nSPS) is 25.4. The number of fused-ring (bicyclic) bond motifs is 1. The molecule has 0 radical (unpaired) electrons. The molecular formula is C20H28N2O3. The number of hydrogen-bond acceptors (Lipinski definition) is 4. The predicted octanol–water partition coefficient (Wildman–Crippen LogP) is 3.13. The van der Waals surface area contributed by atoms with Gasteiger partial charge in [0.05, 0.1) is 7.11 Å². The number of nitrogens with one attached hydrogen (secondary N) is 1. The first-order chi connectivity index (χ1) is 12.1. The number of methoxy groups -OCH3 is 1. The average Bonchev–Trinajstić information content (AvgIpc) is 3.02. The number of carbonyl (C=O) groups is 2. The molecule has 1 aromatic carbocycles. The number of ether oxygens (including phenoxy) is 1. The molecule has 1 amide bonds. The van der Waals surface area contributed by atoms with E-state index < -0.39 is 6.04 Å². The number of anilines is 1. The third-order valence-electron chi connectivity index (χ3n) is 5.65. The molecule has 0 spiro atoms. The van der Waals surface area contributed by atoms with Crippen LogP contribution in [0.25, 0.3) is 0 Å². The number of nitrogens with zero attached hydrogens (tertiary/aromatic N) is 1. The zero-order valence-electron chi connectivity index (χ0n) is 15.2. The van der Waals surface area contributed by atoms with Crippen molar-refractivity contribution < 1.29 is 14.3 Å². The van der Waals surface area contributed by atoms with Crippen molar-refractivity contribution in [2.75, 3.05) is 19.0 Å². The molecule has 1 N–H and O–H groups in total. The smallest absolute Gasteiger partial charge is 0.328 e. The van der Waals surface area contributed by atoms with E-state index in [4.69, 9.17) is 4.74 Å². The van der Waals surface area contributed by atoms with Gasteiger partial charge in [-0.1, -0.05) is 31.0 Å². The summed E-state index contributed by atoms with van der Waals surface area (Å²) in [5, 5.41) is 3.33. The van der Waals surface area contributed by atoms with Crippen LogP contribution in [0.3, 0.4) is 0 Å². The van der Waals surface area contributed by atoms with Gasteiger partial charge in [-0.15, -0.1) is 0 Å². The molecule has 3 atom stereocenters. The minimum Gasteiger partial charge on any atom is -0.467 e. The van der Waals surface area contributed by atoms with Crippen molar-refractivity contribution in [1.82, 2.24) is 4.90 Å². The van der Waals surface area contributed by atoms with Gasteiger partial charge in [0, 0.05) is 24.7 Å². The van der Waals surface area contributed by atoms with Gasteiger partial charge in [0.15, 0.2) is 0 Å². The first kappa shape index (κ1) is 17.8. The average molecular weight is 344 g/mol. The number of esters is 1. The second-order valence-corrected chi connectivity index (χ2v) is 7.18. The van der Waals surface area contributed by atoms with E-state index in [0.29, 0.717) is 18.9 Å². The highest BCUT2D eigenvalue weighted by Crippen LogP contribution is 2.40. The van der Waals surface area contributed by atoms with Crippen LogP contribution in [0, 0.1) is 12.8 Å². The molecule has 1 aromatic rings. The molecule has 5 heteroatoms. The summed E-state index contributed by atoms with van der Waals surface area (Å²) in [5.41, 5.74) is 2.22. The zero-order valence-corrected chi connectivity index (χ0v) is 15.2. The van der Waals surface area contributed by atoms with Crippen molar-refractivity contribution in [3.63, 3.8) is 0 Å². The summed E-state index contributed by atoms with van der Waals surface area (Å²) < 4.78 is 4.96. The molecule has 25 heavy (non-hydrogen) atoms. The van der Waals surface area contributed by atoms with Gasteiger partial charge in [0.25, 0.3) is 0 Å². The maximum absolute atomic E-state index is 12.9. The summed E-state index contributed by atoms with van der Waals surface area (Å²) in [6.07, 6.45) is 5.62. The maximum Gasteiger partial charge on any atom is 0.328 e. The third kappa shape index (κ3) is 3.80. The van der Waals surface area contributed by atoms with Crippen LogP contribution in [0.1, 0.15) is 44.1 Å². The van der Waals surface area contributed by atoms with Crippen LogP contribution in [0.15, 0.2) is 24.3 Å². The van der Waals surface area contributed by atoms with Gasteiger partial charge in [0.1, 0.15) is 6.04 Å². The van der Waals surface area contributed by atoms with E-state index in [1.807, 2.05) is 36.1 Å². The van der Waals surface area contributed by atoms with Gasteiger partial charge in [-0.25, -0.2) is 4.79 Å². The number of carbonyl (C=O) groups excluding carboxylic acids is 2. The highest BCUT2D eigenvalue weighted by Gasteiger charge is 2.47. The van der Waals surface area contributed by atoms with Crippen LogP contribution in [0.2, 0.25) is 0 Å². The molecule has 2 aliphatic rings. The number of benzene rings is 1. The van der Waals surface area contributed by atoms with Gasteiger partial charge >= 0.3 is 5.97 Å². The van der Waals surface area contributed by atoms with Crippen molar-refractivity contribution in [1.29, 1.82) is 0 Å². The Kier molecular flexibility index (Phi) is 5.61. The zero-order chi connectivity index (χ0) is 17.8. The summed E-state index contributed by atoms with van der Waals surface area (Å²) in [5.74, 6) is 0.242. The molecule has 1 saturated heterocycles. The Morgan fingerprint density at radius 3 is 2.76 bits per heavy atom. The van der Waals surface area contributed by atoms with E-state index >= 15 is 0 Å². The topological polar surface area (TPSA) is 58.6 Å². The van der Waals surface area contributed by atoms with Gasteiger partial charge in [-0.3, -0.25) is 4.79 Å². The van der Waals surface area contributed by atoms with E-state index in [-0.39, 0.29) is 17.9 Å². The lowest BCUT2D eigenvalue weighted by Gasteiger charge is -2.33. The fraction of sp³-hybridized carbons (Fsp3) is 0.600. The van der Waals surface area contributed by atoms with Crippen LogP contribution in [0.5, 0.6) is 0 Å². The summed E-state index contributed by atoms with van der Waals surface area (Å²) >= 11 is 0. The minimum absolute atomic E-state index is 0.0610. The highest BCUT2D eigenvalue weighted by atomic mass is 16.5. The minimum atomic E-state index is -0.399. The number of para-hydroxylation sites is 1. The maximum atomic E-state index is 12.9. The van der Waals surface area contributed by atoms with E-state index in [9.17, 15) is 9.59 Å². The van der Waals surface area contributed by atoms with Crippen LogP contribution < -0.4 is 5.32 Å². The Hall–Kier alpha value is -2.04. The second kappa shape index (κ2) is 7.89. The van der Waals surface area contributed by atoms with Crippen molar-refractivity contribution >= 4 is 17.6 Å². The van der Waals surface area contributed by atoms with Crippen molar-refractivity contribution in [2.45, 2.75) is 57.5 Å². The van der Waals surface area contributed by atoms with Gasteiger partial charge in [-0.05, 0) is 43.7 Å². The molecule has 0 bridgehead atoms. The van der Waals surface area contributed by atoms with E-state index in [1.54, 1.807) is 0 Å². The molecule has 0 unspecified atom stereocenters. The summed E-state index contributed by atoms with van der Waals surface area (Å²) in [4.78, 5) is 26.9. The quantitative estimate of drug-likeness (QED) is 0.834. The summed E-state index contributed by atoms with van der Waals surface area (Å²) in [7, 11) is 1.41. The molecule has 5 nitrogen and oxygen atoms in total. The largest absolute Gasteiger partial charge is 0.467 e. The summed E-state index contributed by atoms with van der Waals surface area (Å²) in [6, 6.07) is 7.86. The van der Waals surface area contributed by atoms with Crippen molar-refractivity contribution in [3.05, 3.63) is 29.8 Å². The SMILES string of the molecule is COC(=O)[C@@H]1C[C@@H]2CCCC[C@@H]2N1C(=O)CCNc1ccccc1C. The van der Waals surface area contributed by atoms with Crippen molar-refractivity contribution in [3.8, 4) is 0 Å². The lowest BCUT2D eigenvalue weighted by molar-refractivity contribution is -0.152. The molecule has 2 fully saturated rings. The van der Waals surface area contributed by atoms with Crippen LogP contribution in [-0.2, 0) is 14.3 Å². The molecular weight excluding hydrogens is 316 g/mol. The van der Waals surface area contributed by atoms with Crippen LogP contribution >= 0.6 is 0 Å². The van der Waals surface area contributed by atoms with Crippen molar-refractivity contribution in [2.24, 2.45) is 5.92 Å². The number of hydrogen-bond donors (Lipinski definition) is 1. The molecule has 0 aromatic heterocycles. The first-order valence-electron chi connectivity index (χ1n) is 9.30. The number of aryl methyl sites for hydroxylation is 1. The van der Waals surface area contributed by atoms with Gasteiger partial charge in [0.2, 0.25) is 5.91 Å². The van der Waals surface area contributed by atoms with E-state index in [0.717, 1.165) is 36.9 Å². The molecule has 3 rings (SSSR count). The second-order valence-electron chi connectivity index (χ2n) is 7.18. The van der Waals surface area contributed by atoms with E-state index in [2.05, 4.69) is 5.32 Å². The van der Waals surface area contributed by atoms with E-state index in [1.165, 1.54) is 13.5 Å². The number of rotatable bonds is 5. The third-order valence-corrected chi connectivity index (χ3v) is 5.65. The molecule has 1 heterocycles. The fourth-order valence-corrected chi connectivity index (χ4v) is 4.37.